The van der Waals surface area contributed by atoms with Gasteiger partial charge in [0, 0.05) is 18.3 Å². The third-order valence-electron chi connectivity index (χ3n) is 3.14. The molecule has 0 radical (unpaired) electrons. The van der Waals surface area contributed by atoms with E-state index in [0.29, 0.717) is 17.3 Å². The lowest BCUT2D eigenvalue weighted by molar-refractivity contribution is -0.137. The molecule has 0 aliphatic rings. The molecule has 0 bridgehead atoms. The number of halogens is 3. The van der Waals surface area contributed by atoms with Gasteiger partial charge in [0.05, 0.1) is 5.56 Å². The molecule has 2 aromatic rings. The molecule has 0 aliphatic heterocycles. The number of alkyl halides is 3. The Labute approximate surface area is 133 Å². The predicted octanol–water partition coefficient (Wildman–Crippen LogP) is 3.89. The third-order valence-corrected chi connectivity index (χ3v) is 3.14. The number of rotatable bonds is 5. The summed E-state index contributed by atoms with van der Waals surface area (Å²) in [5.41, 5.74) is 6.33. The summed E-state index contributed by atoms with van der Waals surface area (Å²) in [7, 11) is 0. The minimum Gasteiger partial charge on any atom is -0.368 e. The minimum atomic E-state index is -4.35. The first-order valence-corrected chi connectivity index (χ1v) is 7.27. The van der Waals surface area contributed by atoms with E-state index in [1.807, 2.05) is 0 Å². The van der Waals surface area contributed by atoms with Gasteiger partial charge >= 0.3 is 6.18 Å². The van der Waals surface area contributed by atoms with E-state index in [-0.39, 0.29) is 12.5 Å². The van der Waals surface area contributed by atoms with E-state index < -0.39 is 11.7 Å². The van der Waals surface area contributed by atoms with Gasteiger partial charge in [-0.15, -0.1) is 0 Å². The summed E-state index contributed by atoms with van der Waals surface area (Å²) in [4.78, 5) is 8.21. The van der Waals surface area contributed by atoms with Gasteiger partial charge in [0.25, 0.3) is 0 Å². The highest BCUT2D eigenvalue weighted by molar-refractivity contribution is 5.41. The number of nitrogens with two attached hydrogens (primary N) is 1. The molecule has 4 nitrogen and oxygen atoms in total. The monoisotopic (exact) mass is 324 g/mol. The Bertz CT molecular complexity index is 669. The van der Waals surface area contributed by atoms with Crippen molar-refractivity contribution in [3.05, 3.63) is 47.2 Å². The van der Waals surface area contributed by atoms with Crippen molar-refractivity contribution < 1.29 is 13.2 Å². The van der Waals surface area contributed by atoms with Crippen molar-refractivity contribution in [2.45, 2.75) is 33.0 Å². The highest BCUT2D eigenvalue weighted by Crippen LogP contribution is 2.29. The van der Waals surface area contributed by atoms with Crippen LogP contribution in [0, 0.1) is 5.92 Å². The first-order valence-electron chi connectivity index (χ1n) is 7.27. The number of nitrogens with zero attached hydrogens (tertiary/aromatic N) is 2. The Morgan fingerprint density at radius 3 is 2.57 bits per heavy atom. The average Bonchev–Trinajstić information content (AvgIpc) is 2.43. The van der Waals surface area contributed by atoms with Gasteiger partial charge in [-0.3, -0.25) is 0 Å². The molecule has 0 aliphatic carbocycles. The first-order chi connectivity index (χ1) is 10.7. The Morgan fingerprint density at radius 1 is 1.17 bits per heavy atom. The van der Waals surface area contributed by atoms with Crippen LogP contribution >= 0.6 is 0 Å². The average molecular weight is 324 g/mol. The molecule has 0 saturated carbocycles. The molecule has 0 saturated heterocycles. The van der Waals surface area contributed by atoms with Gasteiger partial charge < -0.3 is 11.1 Å². The Kier molecular flexibility index (Phi) is 5.08. The van der Waals surface area contributed by atoms with Crippen molar-refractivity contribution in [1.29, 1.82) is 0 Å². The molecule has 23 heavy (non-hydrogen) atoms. The fourth-order valence-corrected chi connectivity index (χ4v) is 2.18. The van der Waals surface area contributed by atoms with E-state index in [4.69, 9.17) is 5.73 Å². The molecule has 1 aromatic heterocycles. The van der Waals surface area contributed by atoms with Crippen molar-refractivity contribution in [1.82, 2.24) is 9.97 Å². The van der Waals surface area contributed by atoms with Gasteiger partial charge in [0.15, 0.2) is 0 Å². The van der Waals surface area contributed by atoms with Crippen molar-refractivity contribution in [2.24, 2.45) is 5.92 Å². The van der Waals surface area contributed by atoms with Crippen LogP contribution < -0.4 is 11.1 Å². The number of nitrogen functional groups attached to an aromatic ring is 1. The Balaban J connectivity index is 2.10. The van der Waals surface area contributed by atoms with Crippen LogP contribution in [0.4, 0.5) is 24.9 Å². The molecular weight excluding hydrogens is 305 g/mol. The second-order valence-corrected chi connectivity index (χ2v) is 5.75. The lowest BCUT2D eigenvalue weighted by Crippen LogP contribution is -2.09. The summed E-state index contributed by atoms with van der Waals surface area (Å²) in [5, 5.41) is 3.00. The Morgan fingerprint density at radius 2 is 1.91 bits per heavy atom. The van der Waals surface area contributed by atoms with Crippen molar-refractivity contribution in [2.75, 3.05) is 11.1 Å². The van der Waals surface area contributed by atoms with Crippen LogP contribution in [0.25, 0.3) is 0 Å². The van der Waals surface area contributed by atoms with Crippen molar-refractivity contribution >= 4 is 11.8 Å². The maximum Gasteiger partial charge on any atom is 0.416 e. The first kappa shape index (κ1) is 17.1. The molecule has 1 heterocycles. The molecular formula is C16H19F3N4. The van der Waals surface area contributed by atoms with Gasteiger partial charge in [-0.05, 0) is 30.0 Å². The maximum atomic E-state index is 12.7. The summed E-state index contributed by atoms with van der Waals surface area (Å²) >= 11 is 0. The third kappa shape index (κ3) is 5.12. The van der Waals surface area contributed by atoms with Gasteiger partial charge in [-0.2, -0.15) is 18.2 Å². The molecule has 0 amide bonds. The lowest BCUT2D eigenvalue weighted by atomic mass is 10.1. The smallest absolute Gasteiger partial charge is 0.368 e. The van der Waals surface area contributed by atoms with Crippen LogP contribution in [0.3, 0.4) is 0 Å². The fourth-order valence-electron chi connectivity index (χ4n) is 2.18. The van der Waals surface area contributed by atoms with Crippen molar-refractivity contribution in [3.63, 3.8) is 0 Å². The minimum absolute atomic E-state index is 0.148. The maximum absolute atomic E-state index is 12.7. The zero-order valence-electron chi connectivity index (χ0n) is 13.0. The van der Waals surface area contributed by atoms with Crippen LogP contribution in [0.2, 0.25) is 0 Å². The molecule has 0 atom stereocenters. The fraction of sp³-hybridized carbons (Fsp3) is 0.375. The van der Waals surface area contributed by atoms with Gasteiger partial charge in [-0.1, -0.05) is 26.0 Å². The molecule has 2 rings (SSSR count). The summed E-state index contributed by atoms with van der Waals surface area (Å²) in [6, 6.07) is 6.95. The highest BCUT2D eigenvalue weighted by atomic mass is 19.4. The van der Waals surface area contributed by atoms with E-state index >= 15 is 0 Å². The SMILES string of the molecule is CC(C)Cc1cc(NCc2cccc(C(F)(F)F)c2)nc(N)n1. The summed E-state index contributed by atoms with van der Waals surface area (Å²) in [6.07, 6.45) is -3.59. The molecule has 3 N–H and O–H groups in total. The van der Waals surface area contributed by atoms with Gasteiger partial charge in [-0.25, -0.2) is 4.98 Å². The molecule has 0 fully saturated rings. The summed E-state index contributed by atoms with van der Waals surface area (Å²) in [6.45, 7) is 4.35. The second kappa shape index (κ2) is 6.85. The largest absolute Gasteiger partial charge is 0.416 e. The standard InChI is InChI=1S/C16H19F3N4/c1-10(2)6-13-8-14(23-15(20)22-13)21-9-11-4-3-5-12(7-11)16(17,18)19/h3-5,7-8,10H,6,9H2,1-2H3,(H3,20,21,22,23). The molecule has 1 aromatic carbocycles. The molecule has 0 unspecified atom stereocenters. The Hall–Kier alpha value is -2.31. The van der Waals surface area contributed by atoms with E-state index in [9.17, 15) is 13.2 Å². The number of benzene rings is 1. The number of hydrogen-bond acceptors (Lipinski definition) is 4. The zero-order valence-corrected chi connectivity index (χ0v) is 13.0. The number of anilines is 2. The van der Waals surface area contributed by atoms with Crippen LogP contribution in [-0.2, 0) is 19.1 Å². The van der Waals surface area contributed by atoms with E-state index in [0.717, 1.165) is 24.2 Å². The van der Waals surface area contributed by atoms with Crippen LogP contribution in [0.15, 0.2) is 30.3 Å². The zero-order chi connectivity index (χ0) is 17.0. The van der Waals surface area contributed by atoms with Gasteiger partial charge in [0.2, 0.25) is 5.95 Å². The molecule has 7 heteroatoms. The lowest BCUT2D eigenvalue weighted by Gasteiger charge is -2.11. The van der Waals surface area contributed by atoms with E-state index in [2.05, 4.69) is 29.1 Å². The van der Waals surface area contributed by atoms with Crippen LogP contribution in [0.1, 0.15) is 30.7 Å². The summed E-state index contributed by atoms with van der Waals surface area (Å²) in [5.74, 6) is 1.07. The topological polar surface area (TPSA) is 63.8 Å². The van der Waals surface area contributed by atoms with E-state index in [1.54, 1.807) is 12.1 Å². The molecule has 124 valence electrons. The molecule has 0 spiro atoms. The van der Waals surface area contributed by atoms with Crippen molar-refractivity contribution in [3.8, 4) is 0 Å². The second-order valence-electron chi connectivity index (χ2n) is 5.75. The highest BCUT2D eigenvalue weighted by Gasteiger charge is 2.30. The normalized spacial score (nSPS) is 11.7. The number of hydrogen-bond donors (Lipinski definition) is 2. The summed E-state index contributed by atoms with van der Waals surface area (Å²) < 4.78 is 38.1. The van der Waals surface area contributed by atoms with E-state index in [1.165, 1.54) is 6.07 Å². The van der Waals surface area contributed by atoms with Crippen LogP contribution in [0.5, 0.6) is 0 Å². The quantitative estimate of drug-likeness (QED) is 0.876. The number of nitrogens with one attached hydrogen (secondary N) is 1. The predicted molar refractivity (Wildman–Crippen MR) is 83.8 cm³/mol. The number of aromatic nitrogens is 2. The van der Waals surface area contributed by atoms with Gasteiger partial charge in [0.1, 0.15) is 5.82 Å². The van der Waals surface area contributed by atoms with Crippen LogP contribution in [-0.4, -0.2) is 9.97 Å².